The van der Waals surface area contributed by atoms with Crippen LogP contribution >= 0.6 is 11.8 Å². The van der Waals surface area contributed by atoms with Crippen LogP contribution in [0.15, 0.2) is 17.2 Å². The van der Waals surface area contributed by atoms with Crippen LogP contribution in [0.25, 0.3) is 0 Å². The average Bonchev–Trinajstić information content (AvgIpc) is 2.43. The molecule has 0 spiro atoms. The maximum atomic E-state index is 10.9. The van der Waals surface area contributed by atoms with Crippen molar-refractivity contribution in [1.29, 1.82) is 0 Å². The third kappa shape index (κ3) is 4.66. The van der Waals surface area contributed by atoms with E-state index in [0.717, 1.165) is 25.4 Å². The zero-order valence-electron chi connectivity index (χ0n) is 11.1. The first-order valence-corrected chi connectivity index (χ1v) is 7.08. The molecular weight excluding hydrogens is 266 g/mol. The van der Waals surface area contributed by atoms with Crippen LogP contribution in [0.5, 0.6) is 0 Å². The monoisotopic (exact) mass is 285 g/mol. The van der Waals surface area contributed by atoms with Gasteiger partial charge in [-0.3, -0.25) is 10.1 Å². The highest BCUT2D eigenvalue weighted by Crippen LogP contribution is 2.28. The second-order valence-corrected chi connectivity index (χ2v) is 4.88. The van der Waals surface area contributed by atoms with E-state index in [2.05, 4.69) is 29.2 Å². The molecule has 0 fully saturated rings. The summed E-state index contributed by atoms with van der Waals surface area (Å²) < 4.78 is 0. The van der Waals surface area contributed by atoms with Crippen molar-refractivity contribution in [1.82, 2.24) is 9.88 Å². The van der Waals surface area contributed by atoms with Crippen LogP contribution in [0.3, 0.4) is 0 Å². The smallest absolute Gasteiger partial charge is 0.301 e. The number of nitrogens with zero attached hydrogens (tertiary/aromatic N) is 3. The molecule has 0 bridgehead atoms. The lowest BCUT2D eigenvalue weighted by Gasteiger charge is -2.17. The Kier molecular flexibility index (Phi) is 6.54. The van der Waals surface area contributed by atoms with Gasteiger partial charge in [-0.05, 0) is 19.2 Å². The minimum atomic E-state index is -0.424. The number of thioether (sulfide) groups is 1. The van der Waals surface area contributed by atoms with Crippen LogP contribution in [0, 0.1) is 10.1 Å². The Morgan fingerprint density at radius 3 is 2.68 bits per heavy atom. The van der Waals surface area contributed by atoms with E-state index in [9.17, 15) is 10.1 Å². The molecular formula is C11H19N5O2S. The predicted molar refractivity (Wildman–Crippen MR) is 77.2 cm³/mol. The highest BCUT2D eigenvalue weighted by atomic mass is 32.2. The molecule has 7 nitrogen and oxygen atoms in total. The van der Waals surface area contributed by atoms with Crippen LogP contribution in [0.1, 0.15) is 13.8 Å². The summed E-state index contributed by atoms with van der Waals surface area (Å²) >= 11 is 1.37. The first-order chi connectivity index (χ1) is 9.12. The lowest BCUT2D eigenvalue weighted by Crippen LogP contribution is -2.25. The van der Waals surface area contributed by atoms with E-state index in [1.807, 2.05) is 0 Å². The van der Waals surface area contributed by atoms with E-state index in [0.29, 0.717) is 10.8 Å². The molecule has 8 heteroatoms. The molecule has 0 aliphatic heterocycles. The summed E-state index contributed by atoms with van der Waals surface area (Å²) in [4.78, 5) is 16.9. The van der Waals surface area contributed by atoms with Crippen LogP contribution in [0.4, 0.5) is 11.5 Å². The van der Waals surface area contributed by atoms with E-state index >= 15 is 0 Å². The standard InChI is InChI=1S/C11H19N5O2S/c1-3-15(4-2)7-8-19-11-9(16(17)18)5-6-10(13-11)14-12/h5-6H,3-4,7-8,12H2,1-2H3,(H,13,14). The molecule has 1 aromatic heterocycles. The summed E-state index contributed by atoms with van der Waals surface area (Å²) in [7, 11) is 0. The second kappa shape index (κ2) is 7.93. The maximum Gasteiger partial charge on any atom is 0.301 e. The molecule has 0 amide bonds. The van der Waals surface area contributed by atoms with E-state index in [1.54, 1.807) is 0 Å². The van der Waals surface area contributed by atoms with Crippen molar-refractivity contribution in [2.45, 2.75) is 18.9 Å². The van der Waals surface area contributed by atoms with Crippen LogP contribution in [-0.4, -0.2) is 40.2 Å². The van der Waals surface area contributed by atoms with Crippen molar-refractivity contribution in [3.63, 3.8) is 0 Å². The molecule has 0 saturated heterocycles. The Hall–Kier alpha value is -1.38. The first-order valence-electron chi connectivity index (χ1n) is 6.09. The van der Waals surface area contributed by atoms with E-state index in [1.165, 1.54) is 23.9 Å². The molecule has 1 rings (SSSR count). The number of hydrogen-bond donors (Lipinski definition) is 2. The fraction of sp³-hybridized carbons (Fsp3) is 0.545. The fourth-order valence-corrected chi connectivity index (χ4v) is 2.57. The topological polar surface area (TPSA) is 97.3 Å². The van der Waals surface area contributed by atoms with Crippen molar-refractivity contribution >= 4 is 23.3 Å². The SMILES string of the molecule is CCN(CC)CCSc1nc(NN)ccc1[N+](=O)[O-]. The summed E-state index contributed by atoms with van der Waals surface area (Å²) in [6.45, 7) is 6.99. The summed E-state index contributed by atoms with van der Waals surface area (Å²) in [6, 6.07) is 2.91. The van der Waals surface area contributed by atoms with Gasteiger partial charge in [-0.25, -0.2) is 10.8 Å². The van der Waals surface area contributed by atoms with Gasteiger partial charge in [0.15, 0.2) is 5.03 Å². The second-order valence-electron chi connectivity index (χ2n) is 3.80. The highest BCUT2D eigenvalue weighted by molar-refractivity contribution is 7.99. The predicted octanol–water partition coefficient (Wildman–Crippen LogP) is 1.71. The highest BCUT2D eigenvalue weighted by Gasteiger charge is 2.16. The van der Waals surface area contributed by atoms with Crippen molar-refractivity contribution in [2.75, 3.05) is 30.8 Å². The normalized spacial score (nSPS) is 10.7. The van der Waals surface area contributed by atoms with Crippen molar-refractivity contribution in [3.05, 3.63) is 22.2 Å². The molecule has 0 aliphatic carbocycles. The number of nitrogens with two attached hydrogens (primary N) is 1. The van der Waals surface area contributed by atoms with Crippen LogP contribution in [-0.2, 0) is 0 Å². The number of nitro groups is 1. The van der Waals surface area contributed by atoms with E-state index < -0.39 is 4.92 Å². The van der Waals surface area contributed by atoms with E-state index in [-0.39, 0.29) is 5.69 Å². The molecule has 0 radical (unpaired) electrons. The Balaban J connectivity index is 2.72. The van der Waals surface area contributed by atoms with Crippen LogP contribution < -0.4 is 11.3 Å². The first kappa shape index (κ1) is 15.7. The Morgan fingerprint density at radius 2 is 2.16 bits per heavy atom. The summed E-state index contributed by atoms with van der Waals surface area (Å²) in [5.41, 5.74) is 2.41. The number of rotatable bonds is 8. The summed E-state index contributed by atoms with van der Waals surface area (Å²) in [5, 5.41) is 11.3. The molecule has 1 heterocycles. The van der Waals surface area contributed by atoms with E-state index in [4.69, 9.17) is 5.84 Å². The maximum absolute atomic E-state index is 10.9. The Morgan fingerprint density at radius 1 is 1.47 bits per heavy atom. The number of aromatic nitrogens is 1. The average molecular weight is 285 g/mol. The number of nitrogens with one attached hydrogen (secondary N) is 1. The summed E-state index contributed by atoms with van der Waals surface area (Å²) in [6.07, 6.45) is 0. The number of pyridine rings is 1. The number of anilines is 1. The van der Waals surface area contributed by atoms with Gasteiger partial charge >= 0.3 is 5.69 Å². The Bertz CT molecular complexity index is 426. The quantitative estimate of drug-likeness (QED) is 0.325. The van der Waals surface area contributed by atoms with Crippen molar-refractivity contribution in [2.24, 2.45) is 5.84 Å². The number of hydrazine groups is 1. The van der Waals surface area contributed by atoms with Gasteiger partial charge < -0.3 is 10.3 Å². The third-order valence-corrected chi connectivity index (χ3v) is 3.69. The zero-order valence-corrected chi connectivity index (χ0v) is 11.9. The van der Waals surface area contributed by atoms with Gasteiger partial charge in [0.05, 0.1) is 4.92 Å². The van der Waals surface area contributed by atoms with Gasteiger partial charge in [0.1, 0.15) is 5.82 Å². The number of nitrogen functional groups attached to an aromatic ring is 1. The van der Waals surface area contributed by atoms with Gasteiger partial charge in [0.2, 0.25) is 0 Å². The Labute approximate surface area is 116 Å². The molecule has 106 valence electrons. The van der Waals surface area contributed by atoms with Gasteiger partial charge in [-0.2, -0.15) is 0 Å². The third-order valence-electron chi connectivity index (χ3n) is 2.73. The lowest BCUT2D eigenvalue weighted by atomic mass is 10.4. The molecule has 3 N–H and O–H groups in total. The molecule has 1 aromatic rings. The summed E-state index contributed by atoms with van der Waals surface area (Å²) in [5.74, 6) is 6.45. The minimum absolute atomic E-state index is 0.0172. The fourth-order valence-electron chi connectivity index (χ4n) is 1.57. The molecule has 0 unspecified atom stereocenters. The number of hydrogen-bond acceptors (Lipinski definition) is 7. The molecule has 19 heavy (non-hydrogen) atoms. The van der Waals surface area contributed by atoms with Gasteiger partial charge in [0, 0.05) is 18.4 Å². The zero-order chi connectivity index (χ0) is 14.3. The van der Waals surface area contributed by atoms with Crippen LogP contribution in [0.2, 0.25) is 0 Å². The van der Waals surface area contributed by atoms with Crippen molar-refractivity contribution in [3.8, 4) is 0 Å². The van der Waals surface area contributed by atoms with Crippen molar-refractivity contribution < 1.29 is 4.92 Å². The minimum Gasteiger partial charge on any atom is -0.308 e. The van der Waals surface area contributed by atoms with Gasteiger partial charge in [-0.15, -0.1) is 0 Å². The van der Waals surface area contributed by atoms with Gasteiger partial charge in [-0.1, -0.05) is 25.6 Å². The molecule has 0 saturated carbocycles. The van der Waals surface area contributed by atoms with Gasteiger partial charge in [0.25, 0.3) is 0 Å². The molecule has 0 atom stereocenters. The molecule has 0 aromatic carbocycles. The lowest BCUT2D eigenvalue weighted by molar-refractivity contribution is -0.388. The molecule has 0 aliphatic rings. The largest absolute Gasteiger partial charge is 0.308 e.